The lowest BCUT2D eigenvalue weighted by molar-refractivity contribution is 0.726. The Morgan fingerprint density at radius 3 is 2.36 bits per heavy atom. The maximum Gasteiger partial charge on any atom is 0.0205 e. The lowest BCUT2D eigenvalue weighted by atomic mass is 10.2. The minimum absolute atomic E-state index is 0.662. The number of thioether (sulfide) groups is 1. The van der Waals surface area contributed by atoms with Crippen molar-refractivity contribution in [3.8, 4) is 0 Å². The van der Waals surface area contributed by atoms with Crippen LogP contribution in [0.25, 0.3) is 0 Å². The Bertz CT molecular complexity index is 254. The summed E-state index contributed by atoms with van der Waals surface area (Å²) in [7, 11) is 0. The quantitative estimate of drug-likeness (QED) is 0.747. The summed E-state index contributed by atoms with van der Waals surface area (Å²) in [6, 6.07) is 8.81. The van der Waals surface area contributed by atoms with Gasteiger partial charge in [-0.05, 0) is 24.2 Å². The molecule has 0 radical (unpaired) electrons. The van der Waals surface area contributed by atoms with E-state index in [0.717, 1.165) is 13.1 Å². The van der Waals surface area contributed by atoms with Crippen LogP contribution >= 0.6 is 11.8 Å². The van der Waals surface area contributed by atoms with E-state index < -0.39 is 0 Å². The summed E-state index contributed by atoms with van der Waals surface area (Å²) in [5.74, 6) is 0. The number of nitrogens with one attached hydrogen (secondary N) is 1. The molecule has 1 aromatic rings. The van der Waals surface area contributed by atoms with Gasteiger partial charge in [0.1, 0.15) is 0 Å². The molecule has 0 fully saturated rings. The molecule has 78 valence electrons. The van der Waals surface area contributed by atoms with E-state index in [2.05, 4.69) is 50.4 Å². The van der Waals surface area contributed by atoms with E-state index in [4.69, 9.17) is 0 Å². The Hall–Kier alpha value is -0.470. The maximum absolute atomic E-state index is 3.32. The molecule has 0 heterocycles. The predicted molar refractivity (Wildman–Crippen MR) is 64.8 cm³/mol. The van der Waals surface area contributed by atoms with Crippen LogP contribution in [0.1, 0.15) is 26.3 Å². The standard InChI is InChI=1S/C12H19NS/c1-4-13-9-11-5-7-12(8-6-11)14-10(2)3/h5-8,10,13H,4,9H2,1-3H3. The van der Waals surface area contributed by atoms with Crippen molar-refractivity contribution in [1.29, 1.82) is 0 Å². The van der Waals surface area contributed by atoms with Gasteiger partial charge in [-0.3, -0.25) is 0 Å². The third-order valence-electron chi connectivity index (χ3n) is 1.87. The van der Waals surface area contributed by atoms with E-state index in [-0.39, 0.29) is 0 Å². The molecule has 2 heteroatoms. The van der Waals surface area contributed by atoms with E-state index in [1.807, 2.05) is 11.8 Å². The van der Waals surface area contributed by atoms with E-state index in [9.17, 15) is 0 Å². The van der Waals surface area contributed by atoms with Gasteiger partial charge in [0.2, 0.25) is 0 Å². The number of hydrogen-bond acceptors (Lipinski definition) is 2. The average Bonchev–Trinajstić information content (AvgIpc) is 2.16. The number of rotatable bonds is 5. The highest BCUT2D eigenvalue weighted by atomic mass is 32.2. The second-order valence-electron chi connectivity index (χ2n) is 3.59. The molecule has 0 spiro atoms. The van der Waals surface area contributed by atoms with Crippen molar-refractivity contribution >= 4 is 11.8 Å². The van der Waals surface area contributed by atoms with Crippen LogP contribution in [-0.4, -0.2) is 11.8 Å². The van der Waals surface area contributed by atoms with Crippen molar-refractivity contribution in [2.24, 2.45) is 0 Å². The van der Waals surface area contributed by atoms with Gasteiger partial charge in [0, 0.05) is 16.7 Å². The Morgan fingerprint density at radius 1 is 1.21 bits per heavy atom. The van der Waals surface area contributed by atoms with Gasteiger partial charge >= 0.3 is 0 Å². The van der Waals surface area contributed by atoms with Gasteiger partial charge in [-0.1, -0.05) is 32.9 Å². The third-order valence-corrected chi connectivity index (χ3v) is 2.89. The zero-order chi connectivity index (χ0) is 10.4. The highest BCUT2D eigenvalue weighted by molar-refractivity contribution is 7.99. The first kappa shape index (κ1) is 11.6. The van der Waals surface area contributed by atoms with Crippen molar-refractivity contribution in [3.63, 3.8) is 0 Å². The van der Waals surface area contributed by atoms with Gasteiger partial charge in [0.05, 0.1) is 0 Å². The highest BCUT2D eigenvalue weighted by Gasteiger charge is 1.97. The largest absolute Gasteiger partial charge is 0.313 e. The van der Waals surface area contributed by atoms with Gasteiger partial charge in [-0.2, -0.15) is 0 Å². The smallest absolute Gasteiger partial charge is 0.0205 e. The molecule has 1 aromatic carbocycles. The number of benzene rings is 1. The summed E-state index contributed by atoms with van der Waals surface area (Å²) < 4.78 is 0. The van der Waals surface area contributed by atoms with Crippen LogP contribution in [-0.2, 0) is 6.54 Å². The third kappa shape index (κ3) is 4.16. The molecule has 1 rings (SSSR count). The molecule has 1 nitrogen and oxygen atoms in total. The second-order valence-corrected chi connectivity index (χ2v) is 5.24. The topological polar surface area (TPSA) is 12.0 Å². The molecule has 0 unspecified atom stereocenters. The Morgan fingerprint density at radius 2 is 1.86 bits per heavy atom. The van der Waals surface area contributed by atoms with Crippen molar-refractivity contribution in [2.75, 3.05) is 6.54 Å². The normalized spacial score (nSPS) is 10.9. The fourth-order valence-corrected chi connectivity index (χ4v) is 2.06. The van der Waals surface area contributed by atoms with Crippen molar-refractivity contribution in [2.45, 2.75) is 37.5 Å². The van der Waals surface area contributed by atoms with E-state index in [1.54, 1.807) is 0 Å². The second kappa shape index (κ2) is 6.10. The predicted octanol–water partition coefficient (Wildman–Crippen LogP) is 3.30. The molecule has 14 heavy (non-hydrogen) atoms. The minimum atomic E-state index is 0.662. The van der Waals surface area contributed by atoms with E-state index >= 15 is 0 Å². The minimum Gasteiger partial charge on any atom is -0.313 e. The average molecular weight is 209 g/mol. The first-order valence-electron chi connectivity index (χ1n) is 5.18. The molecule has 0 bridgehead atoms. The summed E-state index contributed by atoms with van der Waals surface area (Å²) in [4.78, 5) is 1.36. The van der Waals surface area contributed by atoms with Gasteiger partial charge in [-0.15, -0.1) is 11.8 Å². The lowest BCUT2D eigenvalue weighted by Crippen LogP contribution is -2.11. The van der Waals surface area contributed by atoms with E-state index in [0.29, 0.717) is 5.25 Å². The van der Waals surface area contributed by atoms with Gasteiger partial charge in [-0.25, -0.2) is 0 Å². The Kier molecular flexibility index (Phi) is 5.05. The van der Waals surface area contributed by atoms with Crippen LogP contribution < -0.4 is 5.32 Å². The number of hydrogen-bond donors (Lipinski definition) is 1. The molecular weight excluding hydrogens is 190 g/mol. The van der Waals surface area contributed by atoms with Gasteiger partial charge < -0.3 is 5.32 Å². The SMILES string of the molecule is CCNCc1ccc(SC(C)C)cc1. The summed E-state index contributed by atoms with van der Waals surface area (Å²) in [6.45, 7) is 8.57. The fraction of sp³-hybridized carbons (Fsp3) is 0.500. The Labute approximate surface area is 91.3 Å². The monoisotopic (exact) mass is 209 g/mol. The van der Waals surface area contributed by atoms with Gasteiger partial charge in [0.25, 0.3) is 0 Å². The van der Waals surface area contributed by atoms with Crippen molar-refractivity contribution in [1.82, 2.24) is 5.32 Å². The molecule has 0 aliphatic rings. The molecule has 0 aliphatic heterocycles. The summed E-state index contributed by atoms with van der Waals surface area (Å²) in [6.07, 6.45) is 0. The van der Waals surface area contributed by atoms with Crippen LogP contribution in [0, 0.1) is 0 Å². The molecular formula is C12H19NS. The molecule has 0 saturated heterocycles. The molecule has 0 saturated carbocycles. The van der Waals surface area contributed by atoms with Crippen LogP contribution in [0.5, 0.6) is 0 Å². The first-order valence-corrected chi connectivity index (χ1v) is 6.06. The summed E-state index contributed by atoms with van der Waals surface area (Å²) >= 11 is 1.91. The zero-order valence-electron chi connectivity index (χ0n) is 9.21. The molecule has 0 atom stereocenters. The molecule has 0 amide bonds. The lowest BCUT2D eigenvalue weighted by Gasteiger charge is -2.06. The van der Waals surface area contributed by atoms with Crippen molar-refractivity contribution in [3.05, 3.63) is 29.8 Å². The summed E-state index contributed by atoms with van der Waals surface area (Å²) in [5, 5.41) is 3.98. The Balaban J connectivity index is 2.50. The molecule has 0 aromatic heterocycles. The fourth-order valence-electron chi connectivity index (χ4n) is 1.23. The first-order chi connectivity index (χ1) is 6.72. The summed E-state index contributed by atoms with van der Waals surface area (Å²) in [5.41, 5.74) is 1.36. The maximum atomic E-state index is 3.32. The van der Waals surface area contributed by atoms with Crippen LogP contribution in [0.3, 0.4) is 0 Å². The zero-order valence-corrected chi connectivity index (χ0v) is 10.0. The van der Waals surface area contributed by atoms with Crippen LogP contribution in [0.15, 0.2) is 29.2 Å². The van der Waals surface area contributed by atoms with Crippen LogP contribution in [0.2, 0.25) is 0 Å². The van der Waals surface area contributed by atoms with Crippen molar-refractivity contribution < 1.29 is 0 Å². The molecule has 0 aliphatic carbocycles. The van der Waals surface area contributed by atoms with E-state index in [1.165, 1.54) is 10.5 Å². The molecule has 1 N–H and O–H groups in total. The van der Waals surface area contributed by atoms with Gasteiger partial charge in [0.15, 0.2) is 0 Å². The van der Waals surface area contributed by atoms with Crippen LogP contribution in [0.4, 0.5) is 0 Å². The highest BCUT2D eigenvalue weighted by Crippen LogP contribution is 2.22.